The monoisotopic (exact) mass is 466 g/mol. The number of fused-ring (bicyclic) bond motifs is 1. The highest BCUT2D eigenvalue weighted by Crippen LogP contribution is 2.37. The fourth-order valence-corrected chi connectivity index (χ4v) is 6.60. The smallest absolute Gasteiger partial charge is 0.271 e. The first-order valence-corrected chi connectivity index (χ1v) is 12.2. The number of hydrogen-bond acceptors (Lipinski definition) is 6. The molecule has 160 valence electrons. The van der Waals surface area contributed by atoms with Crippen LogP contribution in [-0.2, 0) is 10.0 Å². The van der Waals surface area contributed by atoms with E-state index in [1.54, 1.807) is 44.4 Å². The SMILES string of the molecule is COc1ccc(NS(=O)(=O)c2sc3ccc(Cl)cc3c2C)cc1OC1CCN(C)C1. The zero-order valence-corrected chi connectivity index (χ0v) is 19.3. The van der Waals surface area contributed by atoms with Crippen molar-refractivity contribution in [2.24, 2.45) is 0 Å². The van der Waals surface area contributed by atoms with Gasteiger partial charge in [-0.05, 0) is 61.7 Å². The molecule has 30 heavy (non-hydrogen) atoms. The van der Waals surface area contributed by atoms with Crippen LogP contribution in [0.1, 0.15) is 12.0 Å². The number of benzene rings is 2. The first-order valence-electron chi connectivity index (χ1n) is 9.51. The number of likely N-dealkylation sites (tertiary alicyclic amines) is 1. The van der Waals surface area contributed by atoms with Gasteiger partial charge >= 0.3 is 0 Å². The lowest BCUT2D eigenvalue weighted by Crippen LogP contribution is -2.21. The number of sulfonamides is 1. The standard InChI is InChI=1S/C21H23ClN2O4S2/c1-13-17-10-14(22)4-7-20(17)29-21(13)30(25,26)23-15-5-6-18(27-3)19(11-15)28-16-8-9-24(2)12-16/h4-7,10-11,16,23H,8-9,12H2,1-3H3. The number of likely N-dealkylation sites (N-methyl/N-ethyl adjacent to an activating group) is 1. The summed E-state index contributed by atoms with van der Waals surface area (Å²) in [5.74, 6) is 1.10. The topological polar surface area (TPSA) is 67.9 Å². The van der Waals surface area contributed by atoms with Crippen molar-refractivity contribution < 1.29 is 17.9 Å². The summed E-state index contributed by atoms with van der Waals surface area (Å²) >= 11 is 7.31. The summed E-state index contributed by atoms with van der Waals surface area (Å²) in [7, 11) is -0.155. The zero-order valence-electron chi connectivity index (χ0n) is 16.9. The summed E-state index contributed by atoms with van der Waals surface area (Å²) in [4.78, 5) is 2.19. The molecule has 0 amide bonds. The molecule has 1 atom stereocenters. The quantitative estimate of drug-likeness (QED) is 0.567. The molecule has 0 saturated carbocycles. The maximum atomic E-state index is 13.1. The van der Waals surface area contributed by atoms with Crippen LogP contribution in [-0.4, -0.2) is 46.7 Å². The number of anilines is 1. The van der Waals surface area contributed by atoms with E-state index in [0.29, 0.717) is 27.8 Å². The summed E-state index contributed by atoms with van der Waals surface area (Å²) in [6, 6.07) is 10.4. The summed E-state index contributed by atoms with van der Waals surface area (Å²) in [6.45, 7) is 3.58. The Labute approximate surface area is 185 Å². The van der Waals surface area contributed by atoms with Gasteiger partial charge < -0.3 is 14.4 Å². The van der Waals surface area contributed by atoms with Gasteiger partial charge in [-0.2, -0.15) is 0 Å². The molecule has 1 saturated heterocycles. The molecule has 0 aliphatic carbocycles. The second kappa shape index (κ2) is 8.26. The van der Waals surface area contributed by atoms with E-state index in [1.165, 1.54) is 11.3 Å². The normalized spacial score (nSPS) is 17.4. The minimum atomic E-state index is -3.77. The Balaban J connectivity index is 1.63. The summed E-state index contributed by atoms with van der Waals surface area (Å²) in [5.41, 5.74) is 1.11. The molecule has 4 rings (SSSR count). The Bertz CT molecular complexity index is 1190. The van der Waals surface area contributed by atoms with Crippen molar-refractivity contribution in [1.29, 1.82) is 0 Å². The molecule has 0 bridgehead atoms. The minimum absolute atomic E-state index is 0.0466. The highest BCUT2D eigenvalue weighted by atomic mass is 35.5. The molecular weight excluding hydrogens is 444 g/mol. The lowest BCUT2D eigenvalue weighted by molar-refractivity contribution is 0.199. The fourth-order valence-electron chi connectivity index (χ4n) is 3.63. The number of thiophene rings is 1. The van der Waals surface area contributed by atoms with Crippen LogP contribution in [0.25, 0.3) is 10.1 Å². The number of ether oxygens (including phenoxy) is 2. The molecule has 1 fully saturated rings. The predicted molar refractivity (Wildman–Crippen MR) is 122 cm³/mol. The van der Waals surface area contributed by atoms with Gasteiger partial charge in [-0.15, -0.1) is 11.3 Å². The van der Waals surface area contributed by atoms with Crippen molar-refractivity contribution in [2.75, 3.05) is 32.0 Å². The van der Waals surface area contributed by atoms with E-state index in [1.807, 2.05) is 13.1 Å². The lowest BCUT2D eigenvalue weighted by Gasteiger charge is -2.17. The second-order valence-electron chi connectivity index (χ2n) is 7.42. The summed E-state index contributed by atoms with van der Waals surface area (Å²) in [5, 5.41) is 1.42. The molecule has 9 heteroatoms. The Morgan fingerprint density at radius 3 is 2.70 bits per heavy atom. The van der Waals surface area contributed by atoms with Crippen molar-refractivity contribution in [1.82, 2.24) is 4.90 Å². The van der Waals surface area contributed by atoms with Crippen LogP contribution >= 0.6 is 22.9 Å². The molecule has 1 unspecified atom stereocenters. The predicted octanol–water partition coefficient (Wildman–Crippen LogP) is 4.76. The first kappa shape index (κ1) is 21.2. The van der Waals surface area contributed by atoms with Crippen LogP contribution in [0.15, 0.2) is 40.6 Å². The molecule has 1 aliphatic rings. The van der Waals surface area contributed by atoms with Gasteiger partial charge in [0.25, 0.3) is 10.0 Å². The highest BCUT2D eigenvalue weighted by molar-refractivity contribution is 7.94. The van der Waals surface area contributed by atoms with E-state index in [4.69, 9.17) is 21.1 Å². The van der Waals surface area contributed by atoms with Crippen LogP contribution in [0.2, 0.25) is 5.02 Å². The highest BCUT2D eigenvalue weighted by Gasteiger charge is 2.25. The third kappa shape index (κ3) is 4.23. The lowest BCUT2D eigenvalue weighted by atomic mass is 10.2. The number of rotatable bonds is 6. The minimum Gasteiger partial charge on any atom is -0.493 e. The van der Waals surface area contributed by atoms with Gasteiger partial charge in [0.1, 0.15) is 10.3 Å². The van der Waals surface area contributed by atoms with Crippen LogP contribution in [0, 0.1) is 6.92 Å². The zero-order chi connectivity index (χ0) is 21.5. The third-order valence-corrected chi connectivity index (χ3v) is 8.67. The second-order valence-corrected chi connectivity index (χ2v) is 10.8. The number of hydrogen-bond donors (Lipinski definition) is 1. The Kier molecular flexibility index (Phi) is 5.85. The van der Waals surface area contributed by atoms with Crippen LogP contribution in [0.4, 0.5) is 5.69 Å². The Morgan fingerprint density at radius 2 is 2.00 bits per heavy atom. The number of aryl methyl sites for hydroxylation is 1. The molecule has 2 aromatic carbocycles. The number of nitrogens with one attached hydrogen (secondary N) is 1. The molecule has 1 aromatic heterocycles. The van der Waals surface area contributed by atoms with Gasteiger partial charge in [0.05, 0.1) is 12.8 Å². The number of halogens is 1. The Morgan fingerprint density at radius 1 is 1.20 bits per heavy atom. The van der Waals surface area contributed by atoms with E-state index < -0.39 is 10.0 Å². The maximum Gasteiger partial charge on any atom is 0.271 e. The number of methoxy groups -OCH3 is 1. The van der Waals surface area contributed by atoms with Crippen molar-refractivity contribution in [3.05, 3.63) is 47.0 Å². The van der Waals surface area contributed by atoms with Gasteiger partial charge in [0, 0.05) is 28.9 Å². The first-order chi connectivity index (χ1) is 14.3. The van der Waals surface area contributed by atoms with E-state index in [9.17, 15) is 8.42 Å². The molecular formula is C21H23ClN2O4S2. The molecule has 6 nitrogen and oxygen atoms in total. The molecule has 3 aromatic rings. The molecule has 0 spiro atoms. The number of nitrogens with zero attached hydrogens (tertiary/aromatic N) is 1. The van der Waals surface area contributed by atoms with Gasteiger partial charge in [-0.3, -0.25) is 4.72 Å². The van der Waals surface area contributed by atoms with Gasteiger partial charge in [0.15, 0.2) is 11.5 Å². The molecule has 0 radical (unpaired) electrons. The third-order valence-electron chi connectivity index (χ3n) is 5.16. The van der Waals surface area contributed by atoms with Crippen molar-refractivity contribution >= 4 is 48.7 Å². The van der Waals surface area contributed by atoms with Gasteiger partial charge in [0.2, 0.25) is 0 Å². The molecule has 1 N–H and O–H groups in total. The van der Waals surface area contributed by atoms with Gasteiger partial charge in [-0.25, -0.2) is 8.42 Å². The van der Waals surface area contributed by atoms with E-state index in [2.05, 4.69) is 9.62 Å². The summed E-state index contributed by atoms with van der Waals surface area (Å²) < 4.78 is 41.6. The largest absolute Gasteiger partial charge is 0.493 e. The summed E-state index contributed by atoms with van der Waals surface area (Å²) in [6.07, 6.45) is 0.962. The van der Waals surface area contributed by atoms with E-state index in [0.717, 1.165) is 29.6 Å². The maximum absolute atomic E-state index is 13.1. The van der Waals surface area contributed by atoms with Crippen molar-refractivity contribution in [3.63, 3.8) is 0 Å². The van der Waals surface area contributed by atoms with Crippen LogP contribution in [0.3, 0.4) is 0 Å². The Hall–Kier alpha value is -2.00. The molecule has 1 aliphatic heterocycles. The van der Waals surface area contributed by atoms with Gasteiger partial charge in [-0.1, -0.05) is 11.6 Å². The van der Waals surface area contributed by atoms with Crippen LogP contribution < -0.4 is 14.2 Å². The van der Waals surface area contributed by atoms with Crippen molar-refractivity contribution in [3.8, 4) is 11.5 Å². The van der Waals surface area contributed by atoms with Crippen LogP contribution in [0.5, 0.6) is 11.5 Å². The van der Waals surface area contributed by atoms with E-state index >= 15 is 0 Å². The molecule has 2 heterocycles. The van der Waals surface area contributed by atoms with Crippen molar-refractivity contribution in [2.45, 2.75) is 23.7 Å². The fraction of sp³-hybridized carbons (Fsp3) is 0.333. The average molecular weight is 467 g/mol. The van der Waals surface area contributed by atoms with E-state index in [-0.39, 0.29) is 10.3 Å². The average Bonchev–Trinajstić information content (AvgIpc) is 3.25.